The van der Waals surface area contributed by atoms with Crippen LogP contribution >= 0.6 is 11.6 Å². The van der Waals surface area contributed by atoms with Crippen LogP contribution in [0.5, 0.6) is 5.75 Å². The van der Waals surface area contributed by atoms with E-state index in [1.165, 1.54) is 0 Å². The SMILES string of the molecule is Nc1cccc(Cl)c1OCC1CCOC1. The lowest BCUT2D eigenvalue weighted by Crippen LogP contribution is -2.12. The van der Waals surface area contributed by atoms with Crippen LogP contribution in [0.4, 0.5) is 5.69 Å². The normalized spacial score (nSPS) is 20.5. The van der Waals surface area contributed by atoms with Crippen LogP contribution < -0.4 is 10.5 Å². The molecule has 15 heavy (non-hydrogen) atoms. The molecule has 3 nitrogen and oxygen atoms in total. The molecule has 1 atom stereocenters. The van der Waals surface area contributed by atoms with Gasteiger partial charge in [0, 0.05) is 12.5 Å². The third-order valence-electron chi connectivity index (χ3n) is 2.48. The molecule has 1 aliphatic rings. The Labute approximate surface area is 94.1 Å². The Morgan fingerprint density at radius 3 is 3.07 bits per heavy atom. The van der Waals surface area contributed by atoms with Gasteiger partial charge in [-0.25, -0.2) is 0 Å². The quantitative estimate of drug-likeness (QED) is 0.807. The summed E-state index contributed by atoms with van der Waals surface area (Å²) in [6.07, 6.45) is 1.05. The molecule has 1 aromatic carbocycles. The maximum Gasteiger partial charge on any atom is 0.160 e. The number of hydrogen-bond donors (Lipinski definition) is 1. The lowest BCUT2D eigenvalue weighted by molar-refractivity contribution is 0.167. The van der Waals surface area contributed by atoms with E-state index >= 15 is 0 Å². The van der Waals surface area contributed by atoms with Crippen molar-refractivity contribution in [2.45, 2.75) is 6.42 Å². The van der Waals surface area contributed by atoms with E-state index in [4.69, 9.17) is 26.8 Å². The van der Waals surface area contributed by atoms with E-state index in [1.807, 2.05) is 6.07 Å². The van der Waals surface area contributed by atoms with Crippen molar-refractivity contribution in [3.63, 3.8) is 0 Å². The summed E-state index contributed by atoms with van der Waals surface area (Å²) in [5, 5.41) is 0.564. The van der Waals surface area contributed by atoms with E-state index in [0.29, 0.717) is 29.0 Å². The molecule has 0 saturated carbocycles. The maximum atomic E-state index is 5.98. The van der Waals surface area contributed by atoms with E-state index < -0.39 is 0 Å². The first-order valence-corrected chi connectivity index (χ1v) is 5.39. The minimum Gasteiger partial charge on any atom is -0.489 e. The van der Waals surface area contributed by atoms with Crippen molar-refractivity contribution in [2.24, 2.45) is 5.92 Å². The summed E-state index contributed by atoms with van der Waals surface area (Å²) in [6.45, 7) is 2.21. The molecule has 0 aromatic heterocycles. The van der Waals surface area contributed by atoms with Crippen molar-refractivity contribution < 1.29 is 9.47 Å². The molecular weight excluding hydrogens is 214 g/mol. The molecule has 1 fully saturated rings. The second-order valence-corrected chi connectivity index (χ2v) is 4.11. The standard InChI is InChI=1S/C11H14ClNO2/c12-9-2-1-3-10(13)11(9)15-7-8-4-5-14-6-8/h1-3,8H,4-7,13H2. The van der Waals surface area contributed by atoms with E-state index in [2.05, 4.69) is 0 Å². The first kappa shape index (κ1) is 10.6. The van der Waals surface area contributed by atoms with Crippen LogP contribution in [0, 0.1) is 5.92 Å². The van der Waals surface area contributed by atoms with Crippen LogP contribution in [-0.4, -0.2) is 19.8 Å². The number of benzene rings is 1. The number of nitrogens with two attached hydrogens (primary N) is 1. The first-order valence-electron chi connectivity index (χ1n) is 5.02. The van der Waals surface area contributed by atoms with Gasteiger partial charge >= 0.3 is 0 Å². The van der Waals surface area contributed by atoms with Crippen LogP contribution in [-0.2, 0) is 4.74 Å². The minimum atomic E-state index is 0.459. The van der Waals surface area contributed by atoms with Crippen LogP contribution in [0.3, 0.4) is 0 Å². The summed E-state index contributed by atoms with van der Waals surface area (Å²) in [4.78, 5) is 0. The van der Waals surface area contributed by atoms with Gasteiger partial charge in [-0.1, -0.05) is 17.7 Å². The zero-order valence-electron chi connectivity index (χ0n) is 8.41. The summed E-state index contributed by atoms with van der Waals surface area (Å²) in [7, 11) is 0. The number of anilines is 1. The Bertz CT molecular complexity index is 317. The van der Waals surface area contributed by atoms with Gasteiger partial charge in [-0.05, 0) is 18.6 Å². The number of nitrogen functional groups attached to an aromatic ring is 1. The Morgan fingerprint density at radius 2 is 2.40 bits per heavy atom. The average Bonchev–Trinajstić information content (AvgIpc) is 2.70. The topological polar surface area (TPSA) is 44.5 Å². The summed E-state index contributed by atoms with van der Waals surface area (Å²) in [5.74, 6) is 1.05. The molecule has 1 saturated heterocycles. The van der Waals surface area contributed by atoms with Crippen LogP contribution in [0.1, 0.15) is 6.42 Å². The predicted octanol–water partition coefficient (Wildman–Crippen LogP) is 2.34. The molecule has 0 spiro atoms. The number of rotatable bonds is 3. The van der Waals surface area contributed by atoms with Crippen molar-refractivity contribution in [2.75, 3.05) is 25.6 Å². The lowest BCUT2D eigenvalue weighted by atomic mass is 10.1. The third kappa shape index (κ3) is 2.55. The highest BCUT2D eigenvalue weighted by molar-refractivity contribution is 6.32. The zero-order chi connectivity index (χ0) is 10.7. The number of para-hydroxylation sites is 1. The van der Waals surface area contributed by atoms with Gasteiger partial charge in [0.15, 0.2) is 5.75 Å². The number of halogens is 1. The third-order valence-corrected chi connectivity index (χ3v) is 2.78. The van der Waals surface area contributed by atoms with E-state index in [-0.39, 0.29) is 0 Å². The fraction of sp³-hybridized carbons (Fsp3) is 0.455. The molecule has 2 rings (SSSR count). The summed E-state index contributed by atoms with van der Waals surface area (Å²) in [6, 6.07) is 5.37. The van der Waals surface area contributed by atoms with Gasteiger partial charge in [-0.2, -0.15) is 0 Å². The molecule has 0 aliphatic carbocycles. The number of ether oxygens (including phenoxy) is 2. The van der Waals surface area contributed by atoms with Gasteiger partial charge in [0.2, 0.25) is 0 Å². The molecule has 1 heterocycles. The molecule has 0 amide bonds. The van der Waals surface area contributed by atoms with E-state index in [0.717, 1.165) is 19.6 Å². The zero-order valence-corrected chi connectivity index (χ0v) is 9.17. The second kappa shape index (κ2) is 4.73. The molecule has 82 valence electrons. The Morgan fingerprint density at radius 1 is 1.53 bits per heavy atom. The van der Waals surface area contributed by atoms with Crippen molar-refractivity contribution in [1.29, 1.82) is 0 Å². The highest BCUT2D eigenvalue weighted by Gasteiger charge is 2.17. The molecule has 2 N–H and O–H groups in total. The molecule has 0 radical (unpaired) electrons. The fourth-order valence-corrected chi connectivity index (χ4v) is 1.83. The Kier molecular flexibility index (Phi) is 3.34. The minimum absolute atomic E-state index is 0.459. The molecule has 4 heteroatoms. The van der Waals surface area contributed by atoms with E-state index in [9.17, 15) is 0 Å². The summed E-state index contributed by atoms with van der Waals surface area (Å²) in [5.41, 5.74) is 6.35. The van der Waals surface area contributed by atoms with Gasteiger partial charge in [0.1, 0.15) is 0 Å². The van der Waals surface area contributed by atoms with Crippen molar-refractivity contribution in [3.05, 3.63) is 23.2 Å². The predicted molar refractivity (Wildman–Crippen MR) is 60.3 cm³/mol. The van der Waals surface area contributed by atoms with Crippen LogP contribution in [0.2, 0.25) is 5.02 Å². The van der Waals surface area contributed by atoms with Gasteiger partial charge in [-0.3, -0.25) is 0 Å². The highest BCUT2D eigenvalue weighted by Crippen LogP contribution is 2.31. The number of hydrogen-bond acceptors (Lipinski definition) is 3. The molecule has 1 aliphatic heterocycles. The molecule has 1 unspecified atom stereocenters. The summed E-state index contributed by atoms with van der Waals surface area (Å²) >= 11 is 5.98. The van der Waals surface area contributed by atoms with Crippen LogP contribution in [0.25, 0.3) is 0 Å². The average molecular weight is 228 g/mol. The van der Waals surface area contributed by atoms with Gasteiger partial charge < -0.3 is 15.2 Å². The van der Waals surface area contributed by atoms with Crippen molar-refractivity contribution in [3.8, 4) is 5.75 Å². The second-order valence-electron chi connectivity index (χ2n) is 3.70. The maximum absolute atomic E-state index is 5.98. The summed E-state index contributed by atoms with van der Waals surface area (Å²) < 4.78 is 10.9. The smallest absolute Gasteiger partial charge is 0.160 e. The molecular formula is C11H14ClNO2. The van der Waals surface area contributed by atoms with Gasteiger partial charge in [0.05, 0.1) is 23.9 Å². The van der Waals surface area contributed by atoms with Crippen molar-refractivity contribution >= 4 is 17.3 Å². The monoisotopic (exact) mass is 227 g/mol. The van der Waals surface area contributed by atoms with Crippen LogP contribution in [0.15, 0.2) is 18.2 Å². The van der Waals surface area contributed by atoms with Gasteiger partial charge in [0.25, 0.3) is 0 Å². The molecule has 1 aromatic rings. The largest absolute Gasteiger partial charge is 0.489 e. The van der Waals surface area contributed by atoms with E-state index in [1.54, 1.807) is 12.1 Å². The fourth-order valence-electron chi connectivity index (χ4n) is 1.59. The first-order chi connectivity index (χ1) is 7.27. The Balaban J connectivity index is 1.97. The Hall–Kier alpha value is -0.930. The lowest BCUT2D eigenvalue weighted by Gasteiger charge is -2.13. The molecule has 0 bridgehead atoms. The van der Waals surface area contributed by atoms with Gasteiger partial charge in [-0.15, -0.1) is 0 Å². The highest BCUT2D eigenvalue weighted by atomic mass is 35.5. The van der Waals surface area contributed by atoms with Crippen molar-refractivity contribution in [1.82, 2.24) is 0 Å².